The molecule has 544 valence electrons. The SMILES string of the molecule is CCCCCCC/C=C\C/C=C\CCCCCCCCCCCCCCCCCCCCCCCCCCCCCCCC(=O)OC(COC(=O)CCCCCCCCCCCCCCCCC/C=C\CCCCCCCCCC)COP(=O)(O)OCC[N+](C)(C)C. The van der Waals surface area contributed by atoms with Crippen molar-refractivity contribution in [1.29, 1.82) is 0 Å². The molecule has 0 rings (SSSR count). The molecule has 0 aromatic carbocycles. The number of unbranched alkanes of at least 4 members (excludes halogenated alkanes) is 57. The highest BCUT2D eigenvalue weighted by molar-refractivity contribution is 7.47. The fourth-order valence-corrected chi connectivity index (χ4v) is 13.1. The molecule has 10 heteroatoms. The predicted octanol–water partition coefficient (Wildman–Crippen LogP) is 27.0. The van der Waals surface area contributed by atoms with Gasteiger partial charge in [0.25, 0.3) is 0 Å². The van der Waals surface area contributed by atoms with Gasteiger partial charge in [-0.05, 0) is 70.6 Å². The molecule has 0 aromatic rings. The molecule has 0 aliphatic heterocycles. The standard InChI is InChI=1S/C82H158NO8P/c1-6-8-10-12-14-16-18-20-22-24-26-28-30-32-34-35-36-37-38-39-40-41-42-43-44-45-46-47-49-51-53-55-57-59-61-63-65-67-69-71-73-75-82(85)91-80(79-90-92(86,87)89-77-76-83(3,4)5)78-88-81(84)74-72-70-68-66-64-62-60-58-56-54-52-50-48-33-31-29-27-25-23-21-19-17-15-13-11-9-7-2/h18,20,24-27,80H,6-17,19,21-23,28-79H2,1-5H3/p+1/b20-18-,26-24-,27-25-. The number of allylic oxidation sites excluding steroid dienone is 6. The maximum absolute atomic E-state index is 12.9. The number of nitrogens with zero attached hydrogens (tertiary/aromatic N) is 1. The number of quaternary nitrogens is 1. The van der Waals surface area contributed by atoms with Gasteiger partial charge in [0.1, 0.15) is 19.8 Å². The molecule has 0 heterocycles. The summed E-state index contributed by atoms with van der Waals surface area (Å²) >= 11 is 0. The molecule has 9 nitrogen and oxygen atoms in total. The fourth-order valence-electron chi connectivity index (χ4n) is 12.4. The molecule has 0 aromatic heterocycles. The van der Waals surface area contributed by atoms with E-state index in [0.29, 0.717) is 17.4 Å². The molecule has 2 atom stereocenters. The van der Waals surface area contributed by atoms with Gasteiger partial charge in [0.2, 0.25) is 0 Å². The molecule has 0 bridgehead atoms. The van der Waals surface area contributed by atoms with Gasteiger partial charge in [-0.3, -0.25) is 18.6 Å². The number of rotatable bonds is 77. The van der Waals surface area contributed by atoms with Crippen molar-refractivity contribution in [1.82, 2.24) is 0 Å². The Kier molecular flexibility index (Phi) is 72.1. The number of phosphoric ester groups is 1. The van der Waals surface area contributed by atoms with E-state index in [4.69, 9.17) is 18.5 Å². The van der Waals surface area contributed by atoms with Gasteiger partial charge >= 0.3 is 19.8 Å². The predicted molar refractivity (Wildman–Crippen MR) is 400 cm³/mol. The number of hydrogen-bond donors (Lipinski definition) is 1. The maximum atomic E-state index is 12.9. The number of phosphoric acid groups is 1. The van der Waals surface area contributed by atoms with Gasteiger partial charge < -0.3 is 18.9 Å². The van der Waals surface area contributed by atoms with E-state index in [0.717, 1.165) is 44.9 Å². The minimum Gasteiger partial charge on any atom is -0.462 e. The third kappa shape index (κ3) is 77.2. The van der Waals surface area contributed by atoms with Crippen LogP contribution in [0.25, 0.3) is 0 Å². The average Bonchev–Trinajstić information content (AvgIpc) is 2.23. The van der Waals surface area contributed by atoms with E-state index in [1.165, 1.54) is 353 Å². The molecule has 0 aliphatic carbocycles. The molecule has 0 spiro atoms. The molecule has 0 amide bonds. The molecule has 0 saturated heterocycles. The number of hydrogen-bond acceptors (Lipinski definition) is 7. The van der Waals surface area contributed by atoms with Crippen molar-refractivity contribution < 1.29 is 42.1 Å². The highest BCUT2D eigenvalue weighted by atomic mass is 31.2. The van der Waals surface area contributed by atoms with E-state index >= 15 is 0 Å². The summed E-state index contributed by atoms with van der Waals surface area (Å²) in [5, 5.41) is 0. The van der Waals surface area contributed by atoms with Crippen molar-refractivity contribution in [2.45, 2.75) is 431 Å². The van der Waals surface area contributed by atoms with Gasteiger partial charge in [-0.1, -0.05) is 378 Å². The van der Waals surface area contributed by atoms with E-state index in [-0.39, 0.29) is 25.6 Å². The molecule has 0 aliphatic rings. The first kappa shape index (κ1) is 90.2. The number of ether oxygens (including phenoxy) is 2. The highest BCUT2D eigenvalue weighted by Gasteiger charge is 2.27. The minimum atomic E-state index is -4.39. The zero-order valence-corrected chi connectivity index (χ0v) is 63.2. The molecule has 0 fully saturated rings. The second-order valence-corrected chi connectivity index (χ2v) is 30.6. The van der Waals surface area contributed by atoms with E-state index in [1.807, 2.05) is 21.1 Å². The summed E-state index contributed by atoms with van der Waals surface area (Å²) in [6.07, 6.45) is 95.9. The van der Waals surface area contributed by atoms with Crippen LogP contribution in [0.1, 0.15) is 425 Å². The second-order valence-electron chi connectivity index (χ2n) is 29.2. The molecule has 0 saturated carbocycles. The Morgan fingerprint density at radius 2 is 0.587 bits per heavy atom. The van der Waals surface area contributed by atoms with Crippen LogP contribution < -0.4 is 0 Å². The summed E-state index contributed by atoms with van der Waals surface area (Å²) in [5.74, 6) is -0.771. The van der Waals surface area contributed by atoms with Gasteiger partial charge in [-0.15, -0.1) is 0 Å². The van der Waals surface area contributed by atoms with Crippen LogP contribution in [-0.2, 0) is 32.7 Å². The van der Waals surface area contributed by atoms with Crippen LogP contribution in [0.15, 0.2) is 36.5 Å². The first-order chi connectivity index (χ1) is 45.0. The summed E-state index contributed by atoms with van der Waals surface area (Å²) in [5.41, 5.74) is 0. The van der Waals surface area contributed by atoms with Crippen LogP contribution in [-0.4, -0.2) is 74.9 Å². The molecule has 2 unspecified atom stereocenters. The lowest BCUT2D eigenvalue weighted by molar-refractivity contribution is -0.870. The lowest BCUT2D eigenvalue weighted by Gasteiger charge is -2.24. The van der Waals surface area contributed by atoms with Gasteiger partial charge in [0.05, 0.1) is 27.7 Å². The Morgan fingerprint density at radius 3 is 0.870 bits per heavy atom. The molecular weight excluding hydrogens is 1160 g/mol. The van der Waals surface area contributed by atoms with Gasteiger partial charge in [0, 0.05) is 12.8 Å². The van der Waals surface area contributed by atoms with Crippen LogP contribution in [0, 0.1) is 0 Å². The molecule has 0 radical (unpaired) electrons. The average molecular weight is 1320 g/mol. The van der Waals surface area contributed by atoms with Gasteiger partial charge in [-0.25, -0.2) is 4.57 Å². The zero-order valence-electron chi connectivity index (χ0n) is 62.3. The van der Waals surface area contributed by atoms with E-state index in [1.54, 1.807) is 0 Å². The number of carbonyl (C=O) groups is 2. The Hall–Kier alpha value is -1.77. The summed E-state index contributed by atoms with van der Waals surface area (Å²) in [6, 6.07) is 0. The van der Waals surface area contributed by atoms with Crippen molar-refractivity contribution in [2.75, 3.05) is 47.5 Å². The summed E-state index contributed by atoms with van der Waals surface area (Å²) in [4.78, 5) is 36.0. The minimum absolute atomic E-state index is 0.0354. The van der Waals surface area contributed by atoms with Crippen molar-refractivity contribution in [3.05, 3.63) is 36.5 Å². The number of esters is 2. The van der Waals surface area contributed by atoms with Crippen LogP contribution in [0.3, 0.4) is 0 Å². The van der Waals surface area contributed by atoms with Crippen molar-refractivity contribution >= 4 is 19.8 Å². The second kappa shape index (κ2) is 73.5. The molecule has 92 heavy (non-hydrogen) atoms. The Balaban J connectivity index is 3.87. The summed E-state index contributed by atoms with van der Waals surface area (Å²) in [6.45, 7) is 4.50. The summed E-state index contributed by atoms with van der Waals surface area (Å²) in [7, 11) is 1.50. The summed E-state index contributed by atoms with van der Waals surface area (Å²) < 4.78 is 34.8. The molecule has 1 N–H and O–H groups in total. The lowest BCUT2D eigenvalue weighted by Crippen LogP contribution is -2.37. The van der Waals surface area contributed by atoms with E-state index in [2.05, 4.69) is 50.3 Å². The van der Waals surface area contributed by atoms with Gasteiger partial charge in [-0.2, -0.15) is 0 Å². The first-order valence-electron chi connectivity index (χ1n) is 40.7. The Bertz CT molecular complexity index is 1640. The maximum Gasteiger partial charge on any atom is 0.472 e. The number of likely N-dealkylation sites (N-methyl/N-ethyl adjacent to an activating group) is 1. The Morgan fingerprint density at radius 1 is 0.337 bits per heavy atom. The third-order valence-corrected chi connectivity index (χ3v) is 19.6. The largest absolute Gasteiger partial charge is 0.472 e. The van der Waals surface area contributed by atoms with Crippen LogP contribution in [0.5, 0.6) is 0 Å². The van der Waals surface area contributed by atoms with Crippen LogP contribution in [0.2, 0.25) is 0 Å². The van der Waals surface area contributed by atoms with E-state index < -0.39 is 26.5 Å². The fraction of sp³-hybridized carbons (Fsp3) is 0.902. The Labute approximate surface area is 573 Å². The zero-order chi connectivity index (χ0) is 66.9. The van der Waals surface area contributed by atoms with Crippen molar-refractivity contribution in [3.63, 3.8) is 0 Å². The third-order valence-electron chi connectivity index (χ3n) is 18.6. The van der Waals surface area contributed by atoms with Crippen LogP contribution >= 0.6 is 7.82 Å². The lowest BCUT2D eigenvalue weighted by atomic mass is 10.0. The van der Waals surface area contributed by atoms with Crippen molar-refractivity contribution in [2.24, 2.45) is 0 Å². The normalized spacial score (nSPS) is 13.2. The van der Waals surface area contributed by atoms with Crippen molar-refractivity contribution in [3.8, 4) is 0 Å². The van der Waals surface area contributed by atoms with Crippen LogP contribution in [0.4, 0.5) is 0 Å². The van der Waals surface area contributed by atoms with Gasteiger partial charge in [0.15, 0.2) is 6.10 Å². The van der Waals surface area contributed by atoms with E-state index in [9.17, 15) is 19.0 Å². The monoisotopic (exact) mass is 1320 g/mol. The highest BCUT2D eigenvalue weighted by Crippen LogP contribution is 2.43. The smallest absolute Gasteiger partial charge is 0.462 e. The molecular formula is C82H159NO8P+. The topological polar surface area (TPSA) is 108 Å². The first-order valence-corrected chi connectivity index (χ1v) is 42.2. The quantitative estimate of drug-likeness (QED) is 0.0211. The number of carbonyl (C=O) groups excluding carboxylic acids is 2.